The predicted molar refractivity (Wildman–Crippen MR) is 96.1 cm³/mol. The molecular formula is C17H18BrN5O2. The fraction of sp³-hybridized carbons (Fsp3) is 0.235. The Labute approximate surface area is 153 Å². The zero-order chi connectivity index (χ0) is 17.6. The van der Waals surface area contributed by atoms with Crippen LogP contribution in [0.5, 0.6) is 5.75 Å². The molecule has 7 nitrogen and oxygen atoms in total. The summed E-state index contributed by atoms with van der Waals surface area (Å²) in [6, 6.07) is 11.1. The molecule has 0 saturated heterocycles. The molecule has 130 valence electrons. The summed E-state index contributed by atoms with van der Waals surface area (Å²) in [5.41, 5.74) is 1.16. The molecule has 3 rings (SSSR count). The first-order chi connectivity index (χ1) is 12.1. The zero-order valence-electron chi connectivity index (χ0n) is 13.7. The van der Waals surface area contributed by atoms with E-state index in [1.165, 1.54) is 0 Å². The van der Waals surface area contributed by atoms with Crippen molar-refractivity contribution in [2.24, 2.45) is 0 Å². The van der Waals surface area contributed by atoms with Gasteiger partial charge >= 0.3 is 0 Å². The van der Waals surface area contributed by atoms with Gasteiger partial charge in [-0.1, -0.05) is 15.9 Å². The van der Waals surface area contributed by atoms with E-state index in [2.05, 4.69) is 31.4 Å². The number of hydrogen-bond acceptors (Lipinski definition) is 4. The van der Waals surface area contributed by atoms with Crippen molar-refractivity contribution in [1.82, 2.24) is 24.9 Å². The first-order valence-corrected chi connectivity index (χ1v) is 8.65. The molecule has 0 saturated carbocycles. The Kier molecular flexibility index (Phi) is 5.49. The van der Waals surface area contributed by atoms with Crippen molar-refractivity contribution < 1.29 is 9.53 Å². The third-order valence-corrected chi connectivity index (χ3v) is 4.03. The summed E-state index contributed by atoms with van der Waals surface area (Å²) in [4.78, 5) is 12.2. The van der Waals surface area contributed by atoms with Gasteiger partial charge < -0.3 is 10.1 Å². The number of benzene rings is 1. The van der Waals surface area contributed by atoms with E-state index in [9.17, 15) is 4.79 Å². The van der Waals surface area contributed by atoms with Crippen molar-refractivity contribution >= 4 is 21.8 Å². The van der Waals surface area contributed by atoms with Crippen LogP contribution >= 0.6 is 15.9 Å². The molecule has 0 fully saturated rings. The number of rotatable bonds is 7. The molecule has 0 unspecified atom stereocenters. The first kappa shape index (κ1) is 17.2. The van der Waals surface area contributed by atoms with Crippen LogP contribution in [0.3, 0.4) is 0 Å². The fourth-order valence-corrected chi connectivity index (χ4v) is 2.43. The average Bonchev–Trinajstić information content (AvgIpc) is 3.28. The Morgan fingerprint density at radius 1 is 1.12 bits per heavy atom. The predicted octanol–water partition coefficient (Wildman–Crippen LogP) is 2.83. The molecule has 0 atom stereocenters. The number of halogens is 1. The number of nitrogens with zero attached hydrogens (tertiary/aromatic N) is 4. The van der Waals surface area contributed by atoms with Gasteiger partial charge in [-0.2, -0.15) is 10.2 Å². The Morgan fingerprint density at radius 2 is 1.88 bits per heavy atom. The van der Waals surface area contributed by atoms with Crippen molar-refractivity contribution in [3.05, 3.63) is 64.7 Å². The molecule has 3 aromatic rings. The maximum absolute atomic E-state index is 12.2. The fourth-order valence-electron chi connectivity index (χ4n) is 2.16. The lowest BCUT2D eigenvalue weighted by atomic mass is 10.3. The molecule has 1 amide bonds. The maximum Gasteiger partial charge on any atom is 0.272 e. The highest BCUT2D eigenvalue weighted by molar-refractivity contribution is 9.10. The number of hydrogen-bond donors (Lipinski definition) is 1. The second-order valence-electron chi connectivity index (χ2n) is 5.31. The number of nitrogens with one attached hydrogen (secondary N) is 1. The number of amides is 1. The van der Waals surface area contributed by atoms with E-state index < -0.39 is 0 Å². The van der Waals surface area contributed by atoms with E-state index in [1.54, 1.807) is 16.9 Å². The third-order valence-electron chi connectivity index (χ3n) is 3.50. The summed E-state index contributed by atoms with van der Waals surface area (Å²) in [5, 5.41) is 11.4. The average molecular weight is 404 g/mol. The van der Waals surface area contributed by atoms with E-state index >= 15 is 0 Å². The SMILES string of the molecule is CCn1ccc(CNC(=O)c2ccn(COc3ccc(Br)cc3)n2)n1. The quantitative estimate of drug-likeness (QED) is 0.657. The second-order valence-corrected chi connectivity index (χ2v) is 6.23. The van der Waals surface area contributed by atoms with Crippen LogP contribution in [0.1, 0.15) is 23.1 Å². The molecule has 1 aromatic carbocycles. The molecule has 0 aliphatic heterocycles. The van der Waals surface area contributed by atoms with Gasteiger partial charge in [0.1, 0.15) is 11.4 Å². The Morgan fingerprint density at radius 3 is 2.60 bits per heavy atom. The van der Waals surface area contributed by atoms with Gasteiger partial charge in [-0.25, -0.2) is 4.68 Å². The molecule has 0 spiro atoms. The number of ether oxygens (including phenoxy) is 1. The van der Waals surface area contributed by atoms with E-state index in [-0.39, 0.29) is 12.6 Å². The normalized spacial score (nSPS) is 10.6. The lowest BCUT2D eigenvalue weighted by Crippen LogP contribution is -2.24. The van der Waals surface area contributed by atoms with Crippen molar-refractivity contribution in [2.75, 3.05) is 0 Å². The summed E-state index contributed by atoms with van der Waals surface area (Å²) < 4.78 is 9.99. The number of carbonyl (C=O) groups is 1. The van der Waals surface area contributed by atoms with Gasteiger partial charge in [0, 0.05) is 23.4 Å². The minimum Gasteiger partial charge on any atom is -0.471 e. The second kappa shape index (κ2) is 7.98. The van der Waals surface area contributed by atoms with Gasteiger partial charge in [-0.05, 0) is 43.3 Å². The van der Waals surface area contributed by atoms with Crippen molar-refractivity contribution in [3.8, 4) is 5.75 Å². The topological polar surface area (TPSA) is 74.0 Å². The van der Waals surface area contributed by atoms with Gasteiger partial charge in [-0.15, -0.1) is 0 Å². The zero-order valence-corrected chi connectivity index (χ0v) is 15.3. The van der Waals surface area contributed by atoms with Crippen LogP contribution < -0.4 is 10.1 Å². The van der Waals surface area contributed by atoms with Crippen LogP contribution in [0.2, 0.25) is 0 Å². The highest BCUT2D eigenvalue weighted by Gasteiger charge is 2.10. The summed E-state index contributed by atoms with van der Waals surface area (Å²) >= 11 is 3.37. The van der Waals surface area contributed by atoms with Gasteiger partial charge in [0.05, 0.1) is 12.2 Å². The first-order valence-electron chi connectivity index (χ1n) is 7.86. The van der Waals surface area contributed by atoms with Crippen LogP contribution in [-0.2, 0) is 19.8 Å². The smallest absolute Gasteiger partial charge is 0.272 e. The summed E-state index contributed by atoms with van der Waals surface area (Å²) in [6.45, 7) is 3.42. The molecule has 25 heavy (non-hydrogen) atoms. The van der Waals surface area contributed by atoms with Gasteiger partial charge in [0.2, 0.25) is 0 Å². The van der Waals surface area contributed by atoms with E-state index in [0.29, 0.717) is 12.2 Å². The molecule has 1 N–H and O–H groups in total. The van der Waals surface area contributed by atoms with Crippen LogP contribution in [-0.4, -0.2) is 25.5 Å². The van der Waals surface area contributed by atoms with E-state index in [0.717, 1.165) is 22.5 Å². The van der Waals surface area contributed by atoms with Crippen LogP contribution in [0.4, 0.5) is 0 Å². The summed E-state index contributed by atoms with van der Waals surface area (Å²) in [6.07, 6.45) is 3.59. The van der Waals surface area contributed by atoms with Crippen LogP contribution in [0.15, 0.2) is 53.3 Å². The minimum absolute atomic E-state index is 0.232. The monoisotopic (exact) mass is 403 g/mol. The minimum atomic E-state index is -0.242. The Balaban J connectivity index is 1.51. The maximum atomic E-state index is 12.2. The molecule has 0 aliphatic carbocycles. The number of carbonyl (C=O) groups excluding carboxylic acids is 1. The molecule has 0 radical (unpaired) electrons. The number of aromatic nitrogens is 4. The van der Waals surface area contributed by atoms with E-state index in [1.807, 2.05) is 48.1 Å². The highest BCUT2D eigenvalue weighted by atomic mass is 79.9. The standard InChI is InChI=1S/C17H18BrN5O2/c1-2-22-9-7-14(20-22)11-19-17(24)16-8-10-23(21-16)12-25-15-5-3-13(18)4-6-15/h3-10H,2,11-12H2,1H3,(H,19,24). The number of aryl methyl sites for hydroxylation is 1. The lowest BCUT2D eigenvalue weighted by Gasteiger charge is -2.06. The van der Waals surface area contributed by atoms with Crippen LogP contribution in [0, 0.1) is 0 Å². The van der Waals surface area contributed by atoms with Crippen molar-refractivity contribution in [2.45, 2.75) is 26.7 Å². The molecule has 0 bridgehead atoms. The third kappa shape index (κ3) is 4.69. The van der Waals surface area contributed by atoms with E-state index in [4.69, 9.17) is 4.74 Å². The highest BCUT2D eigenvalue weighted by Crippen LogP contribution is 2.16. The molecular weight excluding hydrogens is 386 g/mol. The van der Waals surface area contributed by atoms with Crippen LogP contribution in [0.25, 0.3) is 0 Å². The molecule has 2 aromatic heterocycles. The van der Waals surface area contributed by atoms with Gasteiger partial charge in [-0.3, -0.25) is 9.48 Å². The lowest BCUT2D eigenvalue weighted by molar-refractivity contribution is 0.0943. The summed E-state index contributed by atoms with van der Waals surface area (Å²) in [5.74, 6) is 0.490. The molecule has 8 heteroatoms. The Hall–Kier alpha value is -2.61. The van der Waals surface area contributed by atoms with Gasteiger partial charge in [0.25, 0.3) is 5.91 Å². The molecule has 0 aliphatic rings. The summed E-state index contributed by atoms with van der Waals surface area (Å²) in [7, 11) is 0. The van der Waals surface area contributed by atoms with Crippen molar-refractivity contribution in [3.63, 3.8) is 0 Å². The van der Waals surface area contributed by atoms with Gasteiger partial charge in [0.15, 0.2) is 6.73 Å². The Bertz CT molecular complexity index is 841. The molecule has 2 heterocycles. The largest absolute Gasteiger partial charge is 0.471 e. The van der Waals surface area contributed by atoms with Crippen molar-refractivity contribution in [1.29, 1.82) is 0 Å².